The predicted molar refractivity (Wildman–Crippen MR) is 99.5 cm³/mol. The Bertz CT molecular complexity index is 538. The molecule has 1 aromatic rings. The van der Waals surface area contributed by atoms with Gasteiger partial charge in [0.2, 0.25) is 0 Å². The van der Waals surface area contributed by atoms with Gasteiger partial charge in [0.15, 0.2) is 0 Å². The lowest BCUT2D eigenvalue weighted by Gasteiger charge is -2.32. The van der Waals surface area contributed by atoms with Crippen LogP contribution >= 0.6 is 11.3 Å². The van der Waals surface area contributed by atoms with Crippen molar-refractivity contribution in [2.45, 2.75) is 77.4 Å². The number of rotatable bonds is 4. The van der Waals surface area contributed by atoms with Crippen molar-refractivity contribution in [2.75, 3.05) is 0 Å². The molecule has 0 radical (unpaired) electrons. The first-order valence-electron chi connectivity index (χ1n) is 7.97. The van der Waals surface area contributed by atoms with Crippen LogP contribution in [0.15, 0.2) is 12.1 Å². The van der Waals surface area contributed by atoms with Gasteiger partial charge in [-0.15, -0.1) is 16.1 Å². The predicted octanol–water partition coefficient (Wildman–Crippen LogP) is 3.16. The van der Waals surface area contributed by atoms with Gasteiger partial charge in [0, 0.05) is 21.0 Å². The van der Waals surface area contributed by atoms with Gasteiger partial charge in [-0.2, -0.15) is 0 Å². The Hall–Kier alpha value is -0.0451. The zero-order valence-electron chi connectivity index (χ0n) is 15.4. The Labute approximate surface area is 147 Å². The summed E-state index contributed by atoms with van der Waals surface area (Å²) in [5.41, 5.74) is -0.668. The normalized spacial score (nSPS) is 23.1. The van der Waals surface area contributed by atoms with Crippen LogP contribution in [-0.2, 0) is 20.7 Å². The number of thiophene rings is 1. The summed E-state index contributed by atoms with van der Waals surface area (Å²) in [5.74, 6) is 0. The summed E-state index contributed by atoms with van der Waals surface area (Å²) in [4.78, 5) is 1.13. The second kappa shape index (κ2) is 6.35. The molecule has 1 aliphatic heterocycles. The Morgan fingerprint density at radius 2 is 1.70 bits per heavy atom. The lowest BCUT2D eigenvalue weighted by atomic mass is 9.88. The third-order valence-electron chi connectivity index (χ3n) is 4.40. The first-order valence-corrected chi connectivity index (χ1v) is 9.93. The van der Waals surface area contributed by atoms with Crippen LogP contribution in [0.4, 0.5) is 0 Å². The van der Waals surface area contributed by atoms with E-state index in [1.807, 2.05) is 33.8 Å². The first-order chi connectivity index (χ1) is 10.3. The zero-order chi connectivity index (χ0) is 17.6. The monoisotopic (exact) mass is 357 g/mol. The first kappa shape index (κ1) is 19.3. The molecule has 2 atom stereocenters. The van der Waals surface area contributed by atoms with E-state index in [1.54, 1.807) is 11.3 Å². The molecule has 0 aromatic carbocycles. The minimum absolute atomic E-state index is 0.0243. The molecule has 1 aromatic heterocycles. The molecule has 130 valence electrons. The second-order valence-corrected chi connectivity index (χ2v) is 11.2. The highest BCUT2D eigenvalue weighted by Gasteiger charge is 2.52. The minimum Gasteiger partial charge on any atom is -0.598 e. The minimum atomic E-state index is -1.09. The van der Waals surface area contributed by atoms with Gasteiger partial charge < -0.3 is 13.9 Å². The summed E-state index contributed by atoms with van der Waals surface area (Å²) < 4.78 is 28.4. The van der Waals surface area contributed by atoms with E-state index >= 15 is 0 Å². The average molecular weight is 357 g/mol. The van der Waals surface area contributed by atoms with Crippen LogP contribution in [0.5, 0.6) is 0 Å². The fraction of sp³-hybridized carbons (Fsp3) is 0.750. The number of hydrogen-bond donors (Lipinski definition) is 1. The van der Waals surface area contributed by atoms with Gasteiger partial charge in [0.1, 0.15) is 4.75 Å². The Morgan fingerprint density at radius 3 is 2.17 bits per heavy atom. The maximum Gasteiger partial charge on any atom is 0.505 e. The van der Waals surface area contributed by atoms with Crippen LogP contribution < -0.4 is 9.50 Å². The van der Waals surface area contributed by atoms with Crippen LogP contribution in [0, 0.1) is 0 Å². The molecule has 0 amide bonds. The van der Waals surface area contributed by atoms with Crippen molar-refractivity contribution in [1.29, 1.82) is 0 Å². The molecule has 4 nitrogen and oxygen atoms in total. The van der Waals surface area contributed by atoms with Crippen LogP contribution in [0.25, 0.3) is 0 Å². The van der Waals surface area contributed by atoms with Crippen molar-refractivity contribution in [1.82, 2.24) is 4.72 Å². The fourth-order valence-corrected chi connectivity index (χ4v) is 3.93. The van der Waals surface area contributed by atoms with Crippen LogP contribution in [0.1, 0.15) is 66.3 Å². The van der Waals surface area contributed by atoms with E-state index in [2.05, 4.69) is 38.5 Å². The fourth-order valence-electron chi connectivity index (χ4n) is 2.08. The third-order valence-corrected chi connectivity index (χ3v) is 7.37. The highest BCUT2D eigenvalue weighted by atomic mass is 32.2. The molecule has 1 N–H and O–H groups in total. The summed E-state index contributed by atoms with van der Waals surface area (Å²) in [6.07, 6.45) is 0. The molecule has 1 saturated heterocycles. The molecule has 7 heteroatoms. The maximum absolute atomic E-state index is 12.2. The maximum atomic E-state index is 12.2. The summed E-state index contributed by atoms with van der Waals surface area (Å²) in [5, 5.41) is 0. The molecule has 0 saturated carbocycles. The van der Waals surface area contributed by atoms with Crippen LogP contribution in [-0.4, -0.2) is 27.6 Å². The molecule has 1 aliphatic rings. The molecule has 0 bridgehead atoms. The van der Waals surface area contributed by atoms with Gasteiger partial charge in [-0.25, -0.2) is 0 Å². The SMILES string of the molecule is C[C@@H](N[S+]([O-])C(C)(C)C)c1ccc(B2OC(C)(C)C(C)(C)O2)s1. The highest BCUT2D eigenvalue weighted by Crippen LogP contribution is 2.37. The van der Waals surface area contributed by atoms with Gasteiger partial charge in [0.05, 0.1) is 17.2 Å². The number of nitrogens with one attached hydrogen (secondary N) is 1. The molecule has 0 spiro atoms. The summed E-state index contributed by atoms with van der Waals surface area (Å²) in [7, 11) is -0.334. The van der Waals surface area contributed by atoms with Gasteiger partial charge in [-0.1, -0.05) is 6.07 Å². The smallest absolute Gasteiger partial charge is 0.505 e. The molecule has 1 fully saturated rings. The molecular formula is C16H28BNO3S2. The second-order valence-electron chi connectivity index (χ2n) is 8.05. The van der Waals surface area contributed by atoms with E-state index in [-0.39, 0.29) is 29.1 Å². The number of hydrogen-bond acceptors (Lipinski definition) is 5. The largest absolute Gasteiger partial charge is 0.598 e. The van der Waals surface area contributed by atoms with Crippen molar-refractivity contribution >= 4 is 34.6 Å². The molecule has 23 heavy (non-hydrogen) atoms. The van der Waals surface area contributed by atoms with Gasteiger partial charge in [-0.3, -0.25) is 0 Å². The topological polar surface area (TPSA) is 53.5 Å². The van der Waals surface area contributed by atoms with Crippen molar-refractivity contribution in [3.63, 3.8) is 0 Å². The average Bonchev–Trinajstić information content (AvgIpc) is 2.92. The Balaban J connectivity index is 2.07. The van der Waals surface area contributed by atoms with Crippen LogP contribution in [0.2, 0.25) is 0 Å². The molecule has 2 heterocycles. The lowest BCUT2D eigenvalue weighted by molar-refractivity contribution is 0.00578. The Kier molecular flexibility index (Phi) is 5.33. The van der Waals surface area contributed by atoms with E-state index in [0.29, 0.717) is 0 Å². The molecule has 1 unspecified atom stereocenters. The summed E-state index contributed by atoms with van der Waals surface area (Å²) >= 11 is 0.554. The van der Waals surface area contributed by atoms with E-state index in [9.17, 15) is 4.55 Å². The van der Waals surface area contributed by atoms with Crippen LogP contribution in [0.3, 0.4) is 0 Å². The standard InChI is InChI=1S/C16H28BNO3S2/c1-11(18-23(19)14(2,3)4)12-9-10-13(22-12)17-20-15(5,6)16(7,8)21-17/h9-11,18H,1-8H3/t11-,23?/m1/s1. The molecule has 0 aliphatic carbocycles. The van der Waals surface area contributed by atoms with E-state index in [0.717, 1.165) is 9.65 Å². The highest BCUT2D eigenvalue weighted by molar-refractivity contribution is 7.90. The quantitative estimate of drug-likeness (QED) is 0.664. The lowest BCUT2D eigenvalue weighted by Crippen LogP contribution is -2.41. The van der Waals surface area contributed by atoms with Crippen molar-refractivity contribution < 1.29 is 13.9 Å². The zero-order valence-corrected chi connectivity index (χ0v) is 17.0. The van der Waals surface area contributed by atoms with Crippen molar-refractivity contribution in [3.05, 3.63) is 17.0 Å². The van der Waals surface area contributed by atoms with E-state index < -0.39 is 11.4 Å². The van der Waals surface area contributed by atoms with E-state index in [4.69, 9.17) is 9.31 Å². The van der Waals surface area contributed by atoms with Crippen molar-refractivity contribution in [2.24, 2.45) is 0 Å². The molecule has 2 rings (SSSR count). The summed E-state index contributed by atoms with van der Waals surface area (Å²) in [6.45, 7) is 16.1. The molecular weight excluding hydrogens is 329 g/mol. The third kappa shape index (κ3) is 4.14. The van der Waals surface area contributed by atoms with Crippen molar-refractivity contribution in [3.8, 4) is 0 Å². The van der Waals surface area contributed by atoms with Gasteiger partial charge in [0.25, 0.3) is 0 Å². The Morgan fingerprint density at radius 1 is 1.17 bits per heavy atom. The summed E-state index contributed by atoms with van der Waals surface area (Å²) in [6, 6.07) is 4.12. The van der Waals surface area contributed by atoms with Gasteiger partial charge in [-0.05, 0) is 61.5 Å². The van der Waals surface area contributed by atoms with Gasteiger partial charge >= 0.3 is 7.12 Å². The van der Waals surface area contributed by atoms with E-state index in [1.165, 1.54) is 0 Å².